The minimum Gasteiger partial charge on any atom is -0.495 e. The second kappa shape index (κ2) is 7.65. The standard InChI is InChI=1S/C17H15ClF3NO3/c1-24-14-9-13(15(25-2)8-12(14)18)22-16(23)7-10-3-5-11(6-4-10)17(19,20)21/h3-6,8-9H,7H2,1-2H3,(H,22,23). The molecule has 0 aliphatic carbocycles. The van der Waals surface area contributed by atoms with E-state index in [9.17, 15) is 18.0 Å². The highest BCUT2D eigenvalue weighted by Gasteiger charge is 2.30. The molecular formula is C17H15ClF3NO3. The number of halogens is 4. The van der Waals surface area contributed by atoms with Crippen molar-refractivity contribution in [1.82, 2.24) is 0 Å². The minimum atomic E-state index is -4.41. The van der Waals surface area contributed by atoms with E-state index in [2.05, 4.69) is 5.32 Å². The van der Waals surface area contributed by atoms with Crippen molar-refractivity contribution in [3.8, 4) is 11.5 Å². The van der Waals surface area contributed by atoms with E-state index in [0.717, 1.165) is 12.1 Å². The van der Waals surface area contributed by atoms with Crippen LogP contribution in [-0.4, -0.2) is 20.1 Å². The number of hydrogen-bond acceptors (Lipinski definition) is 3. The number of methoxy groups -OCH3 is 2. The van der Waals surface area contributed by atoms with Gasteiger partial charge in [-0.25, -0.2) is 0 Å². The molecule has 0 aliphatic heterocycles. The van der Waals surface area contributed by atoms with Crippen LogP contribution in [0.4, 0.5) is 18.9 Å². The largest absolute Gasteiger partial charge is 0.495 e. The molecule has 0 atom stereocenters. The Morgan fingerprint density at radius 2 is 1.68 bits per heavy atom. The molecule has 4 nitrogen and oxygen atoms in total. The van der Waals surface area contributed by atoms with Crippen molar-refractivity contribution in [2.75, 3.05) is 19.5 Å². The van der Waals surface area contributed by atoms with E-state index in [4.69, 9.17) is 21.1 Å². The molecule has 25 heavy (non-hydrogen) atoms. The zero-order chi connectivity index (χ0) is 18.6. The van der Waals surface area contributed by atoms with Gasteiger partial charge in [-0.2, -0.15) is 13.2 Å². The fraction of sp³-hybridized carbons (Fsp3) is 0.235. The van der Waals surface area contributed by atoms with E-state index >= 15 is 0 Å². The van der Waals surface area contributed by atoms with Crippen LogP contribution in [0, 0.1) is 0 Å². The second-order valence-electron chi connectivity index (χ2n) is 5.11. The van der Waals surface area contributed by atoms with Gasteiger partial charge in [0.05, 0.1) is 36.9 Å². The Morgan fingerprint density at radius 3 is 2.20 bits per heavy atom. The fourth-order valence-corrected chi connectivity index (χ4v) is 2.38. The molecule has 0 saturated carbocycles. The van der Waals surface area contributed by atoms with Crippen LogP contribution in [0.15, 0.2) is 36.4 Å². The number of carbonyl (C=O) groups is 1. The molecule has 0 bridgehead atoms. The van der Waals surface area contributed by atoms with Crippen molar-refractivity contribution >= 4 is 23.2 Å². The number of ether oxygens (including phenoxy) is 2. The number of benzene rings is 2. The maximum atomic E-state index is 12.5. The summed E-state index contributed by atoms with van der Waals surface area (Å²) in [5.41, 5.74) is 0.0341. The third-order valence-electron chi connectivity index (χ3n) is 3.39. The van der Waals surface area contributed by atoms with E-state index in [1.54, 1.807) is 0 Å². The van der Waals surface area contributed by atoms with Crippen LogP contribution in [0.5, 0.6) is 11.5 Å². The van der Waals surface area contributed by atoms with Crippen LogP contribution in [0.25, 0.3) is 0 Å². The fourth-order valence-electron chi connectivity index (χ4n) is 2.15. The molecule has 0 radical (unpaired) electrons. The van der Waals surface area contributed by atoms with Crippen molar-refractivity contribution < 1.29 is 27.4 Å². The lowest BCUT2D eigenvalue weighted by Crippen LogP contribution is -2.15. The summed E-state index contributed by atoms with van der Waals surface area (Å²) >= 11 is 5.99. The smallest absolute Gasteiger partial charge is 0.416 e. The van der Waals surface area contributed by atoms with E-state index in [1.807, 2.05) is 0 Å². The summed E-state index contributed by atoms with van der Waals surface area (Å²) in [6.07, 6.45) is -4.50. The van der Waals surface area contributed by atoms with Gasteiger partial charge in [-0.05, 0) is 17.7 Å². The van der Waals surface area contributed by atoms with Gasteiger partial charge >= 0.3 is 6.18 Å². The molecule has 1 N–H and O–H groups in total. The summed E-state index contributed by atoms with van der Waals surface area (Å²) in [5, 5.41) is 2.95. The first kappa shape index (κ1) is 18.9. The molecule has 0 unspecified atom stereocenters. The van der Waals surface area contributed by atoms with Crippen molar-refractivity contribution in [3.05, 3.63) is 52.5 Å². The first-order chi connectivity index (χ1) is 11.7. The Morgan fingerprint density at radius 1 is 1.08 bits per heavy atom. The molecule has 0 aromatic heterocycles. The monoisotopic (exact) mass is 373 g/mol. The summed E-state index contributed by atoms with van der Waals surface area (Å²) in [7, 11) is 2.85. The quantitative estimate of drug-likeness (QED) is 0.836. The molecule has 0 fully saturated rings. The highest BCUT2D eigenvalue weighted by atomic mass is 35.5. The first-order valence-corrected chi connectivity index (χ1v) is 7.50. The van der Waals surface area contributed by atoms with Gasteiger partial charge < -0.3 is 14.8 Å². The zero-order valence-corrected chi connectivity index (χ0v) is 14.2. The molecule has 0 aliphatic rings. The summed E-state index contributed by atoms with van der Waals surface area (Å²) < 4.78 is 47.9. The van der Waals surface area contributed by atoms with Crippen LogP contribution in [0.1, 0.15) is 11.1 Å². The number of hydrogen-bond donors (Lipinski definition) is 1. The number of alkyl halides is 3. The molecular weight excluding hydrogens is 359 g/mol. The number of amides is 1. The molecule has 1 amide bonds. The third-order valence-corrected chi connectivity index (χ3v) is 3.69. The Labute approximate surface area is 147 Å². The lowest BCUT2D eigenvalue weighted by Gasteiger charge is -2.13. The minimum absolute atomic E-state index is 0.0910. The normalized spacial score (nSPS) is 11.1. The van der Waals surface area contributed by atoms with Crippen molar-refractivity contribution in [2.45, 2.75) is 12.6 Å². The Hall–Kier alpha value is -2.41. The van der Waals surface area contributed by atoms with Crippen molar-refractivity contribution in [1.29, 1.82) is 0 Å². The van der Waals surface area contributed by atoms with Gasteiger partial charge in [-0.3, -0.25) is 4.79 Å². The van der Waals surface area contributed by atoms with E-state index in [-0.39, 0.29) is 6.42 Å². The third kappa shape index (κ3) is 4.79. The van der Waals surface area contributed by atoms with E-state index < -0.39 is 17.6 Å². The Balaban J connectivity index is 2.12. The van der Waals surface area contributed by atoms with Crippen LogP contribution >= 0.6 is 11.6 Å². The van der Waals surface area contributed by atoms with Gasteiger partial charge in [-0.1, -0.05) is 23.7 Å². The van der Waals surface area contributed by atoms with Gasteiger partial charge in [0.25, 0.3) is 0 Å². The van der Waals surface area contributed by atoms with E-state index in [1.165, 1.54) is 38.5 Å². The predicted octanol–water partition coefficient (Wildman–Crippen LogP) is 4.56. The lowest BCUT2D eigenvalue weighted by molar-refractivity contribution is -0.137. The maximum absolute atomic E-state index is 12.5. The van der Waals surface area contributed by atoms with Crippen molar-refractivity contribution in [2.24, 2.45) is 0 Å². The number of carbonyl (C=O) groups excluding carboxylic acids is 1. The number of anilines is 1. The lowest BCUT2D eigenvalue weighted by atomic mass is 10.1. The SMILES string of the molecule is COc1cc(NC(=O)Cc2ccc(C(F)(F)F)cc2)c(OC)cc1Cl. The highest BCUT2D eigenvalue weighted by Crippen LogP contribution is 2.36. The average Bonchev–Trinajstić information content (AvgIpc) is 2.55. The van der Waals surface area contributed by atoms with Crippen molar-refractivity contribution in [3.63, 3.8) is 0 Å². The van der Waals surface area contributed by atoms with Crippen LogP contribution < -0.4 is 14.8 Å². The maximum Gasteiger partial charge on any atom is 0.416 e. The molecule has 2 rings (SSSR count). The number of rotatable bonds is 5. The number of nitrogens with one attached hydrogen (secondary N) is 1. The molecule has 0 spiro atoms. The van der Waals surface area contributed by atoms with Gasteiger partial charge in [-0.15, -0.1) is 0 Å². The van der Waals surface area contributed by atoms with E-state index in [0.29, 0.717) is 27.8 Å². The Kier molecular flexibility index (Phi) is 5.79. The molecule has 0 saturated heterocycles. The van der Waals surface area contributed by atoms with Gasteiger partial charge in [0.1, 0.15) is 11.5 Å². The predicted molar refractivity (Wildman–Crippen MR) is 88.3 cm³/mol. The van der Waals surface area contributed by atoms with Crippen LogP contribution in [-0.2, 0) is 17.4 Å². The molecule has 134 valence electrons. The molecule has 0 heterocycles. The summed E-state index contributed by atoms with van der Waals surface area (Å²) in [5.74, 6) is 0.279. The van der Waals surface area contributed by atoms with Gasteiger partial charge in [0.15, 0.2) is 0 Å². The Bertz CT molecular complexity index is 761. The second-order valence-corrected chi connectivity index (χ2v) is 5.51. The van der Waals surface area contributed by atoms with Gasteiger partial charge in [0.2, 0.25) is 5.91 Å². The molecule has 2 aromatic carbocycles. The van der Waals surface area contributed by atoms with Gasteiger partial charge in [0, 0.05) is 12.1 Å². The zero-order valence-electron chi connectivity index (χ0n) is 13.4. The molecule has 2 aromatic rings. The van der Waals surface area contributed by atoms with Crippen LogP contribution in [0.3, 0.4) is 0 Å². The topological polar surface area (TPSA) is 47.6 Å². The highest BCUT2D eigenvalue weighted by molar-refractivity contribution is 6.32. The average molecular weight is 374 g/mol. The summed E-state index contributed by atoms with van der Waals surface area (Å²) in [6, 6.07) is 7.41. The van der Waals surface area contributed by atoms with Crippen LogP contribution in [0.2, 0.25) is 5.02 Å². The summed E-state index contributed by atoms with van der Waals surface area (Å²) in [4.78, 5) is 12.2. The molecule has 8 heteroatoms. The first-order valence-electron chi connectivity index (χ1n) is 7.12. The summed E-state index contributed by atoms with van der Waals surface area (Å²) in [6.45, 7) is 0.